The summed E-state index contributed by atoms with van der Waals surface area (Å²) in [5.74, 6) is 0.511. The van der Waals surface area contributed by atoms with Crippen molar-refractivity contribution in [2.75, 3.05) is 83.6 Å². The largest absolute Gasteiger partial charge is 0.393 e. The van der Waals surface area contributed by atoms with Crippen molar-refractivity contribution in [1.82, 2.24) is 69.8 Å². The molecule has 540 valence electrons. The minimum absolute atomic E-state index is 0.0646. The second-order valence-electron chi connectivity index (χ2n) is 27.6. The third-order valence-electron chi connectivity index (χ3n) is 21.0. The van der Waals surface area contributed by atoms with E-state index in [9.17, 15) is 29.7 Å². The Kier molecular flexibility index (Phi) is 18.7. The van der Waals surface area contributed by atoms with Gasteiger partial charge in [-0.25, -0.2) is 29.3 Å². The number of nitrogens with zero attached hydrogens (tertiary/aromatic N) is 14. The van der Waals surface area contributed by atoms with Crippen molar-refractivity contribution < 1.29 is 38.8 Å². The normalized spacial score (nSPS) is 17.1. The predicted octanol–water partition coefficient (Wildman–Crippen LogP) is 9.55. The number of aliphatic hydroxyl groups is 3. The highest BCUT2D eigenvalue weighted by molar-refractivity contribution is 6.10. The fraction of sp³-hybridized carbons (Fsp3) is 0.295. The molecule has 2 aromatic carbocycles. The molecule has 3 saturated heterocycles. The first-order chi connectivity index (χ1) is 51.6. The summed E-state index contributed by atoms with van der Waals surface area (Å²) >= 11 is 0. The van der Waals surface area contributed by atoms with Gasteiger partial charge in [-0.1, -0.05) is 12.1 Å². The molecule has 16 heterocycles. The fourth-order valence-corrected chi connectivity index (χ4v) is 15.4. The van der Waals surface area contributed by atoms with Crippen LogP contribution in [0.3, 0.4) is 0 Å². The Morgan fingerprint density at radius 3 is 1.63 bits per heavy atom. The van der Waals surface area contributed by atoms with E-state index in [4.69, 9.17) is 9.72 Å². The van der Waals surface area contributed by atoms with Gasteiger partial charge in [-0.15, -0.1) is 0 Å². The first-order valence-electron chi connectivity index (χ1n) is 35.5. The molecule has 0 unspecified atom stereocenters. The van der Waals surface area contributed by atoms with Gasteiger partial charge in [0.2, 0.25) is 0 Å². The zero-order chi connectivity index (χ0) is 72.9. The Morgan fingerprint density at radius 2 is 1.03 bits per heavy atom. The summed E-state index contributed by atoms with van der Waals surface area (Å²) in [5.41, 5.74) is 17.4. The summed E-state index contributed by atoms with van der Waals surface area (Å²) in [6, 6.07) is 25.0. The molecule has 0 bridgehead atoms. The van der Waals surface area contributed by atoms with Gasteiger partial charge in [-0.3, -0.25) is 19.4 Å². The monoisotopic (exact) mass is 1430 g/mol. The van der Waals surface area contributed by atoms with E-state index in [0.29, 0.717) is 111 Å². The molecule has 12 aromatic rings. The molecule has 0 radical (unpaired) electrons. The van der Waals surface area contributed by atoms with E-state index in [1.165, 1.54) is 6.07 Å². The van der Waals surface area contributed by atoms with Gasteiger partial charge in [0.25, 0.3) is 17.7 Å². The number of halogens is 1. The van der Waals surface area contributed by atoms with Crippen molar-refractivity contribution >= 4 is 102 Å². The third-order valence-corrected chi connectivity index (χ3v) is 21.0. The van der Waals surface area contributed by atoms with E-state index >= 15 is 4.39 Å². The van der Waals surface area contributed by atoms with E-state index in [1.54, 1.807) is 50.4 Å². The molecule has 10 aromatic heterocycles. The number of carbonyl (C=O) groups is 3. The average molecular weight is 1430 g/mol. The quantitative estimate of drug-likeness (QED) is 0.0489. The SMILES string of the molecule is COC[C@H]1CN(c2ccc(Nc3cnc(-c4ccnc5c4ccn5C)c4c3C(=O)NC4)nc2)CC[C@H]1O.Cn1cc(-c2ccc(Nc3ccc(N4CCC(O)CC4)cn3)c3c2CNC3=O)c2cnncc21.Cn1ccc2c(-c3ccc(Nc4ncc(N5CCC(O)CC5)cc4F)c4c3CNC4=O)ccnc21. The second kappa shape index (κ2) is 28.9. The van der Waals surface area contributed by atoms with E-state index in [-0.39, 0.29) is 47.8 Å². The molecule has 6 aliphatic rings. The van der Waals surface area contributed by atoms with Crippen LogP contribution < -0.4 is 46.6 Å². The van der Waals surface area contributed by atoms with Crippen LogP contribution in [-0.4, -0.2) is 158 Å². The highest BCUT2D eigenvalue weighted by Crippen LogP contribution is 2.42. The predicted molar refractivity (Wildman–Crippen MR) is 403 cm³/mol. The smallest absolute Gasteiger partial charge is 0.254 e. The molecule has 106 heavy (non-hydrogen) atoms. The number of carbonyl (C=O) groups excluding carboxylic acids is 3. The lowest BCUT2D eigenvalue weighted by molar-refractivity contribution is 0.0359. The Morgan fingerprint density at radius 1 is 0.500 bits per heavy atom. The van der Waals surface area contributed by atoms with Crippen LogP contribution in [0, 0.1) is 11.7 Å². The van der Waals surface area contributed by atoms with Gasteiger partial charge in [0.05, 0.1) is 124 Å². The molecular formula is C78H79FN20O7. The van der Waals surface area contributed by atoms with Gasteiger partial charge >= 0.3 is 0 Å². The number of benzene rings is 2. The van der Waals surface area contributed by atoms with Gasteiger partial charge < -0.3 is 80.4 Å². The molecule has 9 N–H and O–H groups in total. The summed E-state index contributed by atoms with van der Waals surface area (Å²) in [5, 5.41) is 59.2. The van der Waals surface area contributed by atoms with Crippen LogP contribution >= 0.6 is 0 Å². The molecule has 18 rings (SSSR count). The zero-order valence-corrected chi connectivity index (χ0v) is 58.9. The van der Waals surface area contributed by atoms with Crippen molar-refractivity contribution in [3.05, 3.63) is 186 Å². The molecule has 3 fully saturated rings. The molecular weight excluding hydrogens is 1350 g/mol. The van der Waals surface area contributed by atoms with Gasteiger partial charge in [-0.05, 0) is 121 Å². The molecule has 0 aliphatic carbocycles. The number of fused-ring (bicyclic) bond motifs is 6. The summed E-state index contributed by atoms with van der Waals surface area (Å²) in [6.45, 7) is 6.25. The second-order valence-corrected chi connectivity index (χ2v) is 27.6. The number of amides is 3. The van der Waals surface area contributed by atoms with Crippen LogP contribution in [0.2, 0.25) is 0 Å². The number of hydrogen-bond donors (Lipinski definition) is 9. The molecule has 2 atom stereocenters. The van der Waals surface area contributed by atoms with Gasteiger partial charge in [0, 0.05) is 163 Å². The van der Waals surface area contributed by atoms with E-state index in [0.717, 1.165) is 133 Å². The Balaban J connectivity index is 0.000000122. The highest BCUT2D eigenvalue weighted by Gasteiger charge is 2.33. The van der Waals surface area contributed by atoms with Crippen molar-refractivity contribution in [2.24, 2.45) is 27.1 Å². The number of piperidine rings is 3. The van der Waals surface area contributed by atoms with Gasteiger partial charge in [0.15, 0.2) is 11.6 Å². The Labute approximate surface area is 608 Å². The van der Waals surface area contributed by atoms with Crippen molar-refractivity contribution in [1.29, 1.82) is 0 Å². The maximum absolute atomic E-state index is 15.0. The van der Waals surface area contributed by atoms with Crippen LogP contribution in [0.4, 0.5) is 56.0 Å². The number of methoxy groups -OCH3 is 1. The summed E-state index contributed by atoms with van der Waals surface area (Å²) in [4.78, 5) is 72.1. The van der Waals surface area contributed by atoms with Gasteiger partial charge in [-0.2, -0.15) is 10.2 Å². The molecule has 27 nitrogen and oxygen atoms in total. The van der Waals surface area contributed by atoms with Crippen LogP contribution in [0.5, 0.6) is 0 Å². The number of nitrogens with one attached hydrogen (secondary N) is 6. The number of anilines is 9. The lowest BCUT2D eigenvalue weighted by Crippen LogP contribution is -2.45. The van der Waals surface area contributed by atoms with E-state index < -0.39 is 5.82 Å². The number of aromatic nitrogens is 11. The average Bonchev–Trinajstić information content (AvgIpc) is 1.60. The van der Waals surface area contributed by atoms with Crippen LogP contribution in [-0.2, 0) is 45.5 Å². The number of hydrogen-bond acceptors (Lipinski definition) is 21. The maximum atomic E-state index is 15.0. The standard InChI is InChI=1S/C27H29N7O3.C26H25FN6O2.C25H25N7O2/c1-33-9-6-19-18(5-8-28-26(19)33)25-20-12-31-27(36)24(20)21(13-30-25)32-23-4-3-17(11-29-23)34-10-7-22(35)16(14-34)15-37-2;1-32-9-7-19-18(4-8-28-25(19)32)17-2-3-22(23-20(17)14-30-26(23)35)31-24-21(27)12-15(13-29-24)33-10-5-16(34)6-11-33;1-31-14-20(18-12-28-29-13-22(18)31)17-3-4-21(24-19(17)11-27-25(24)34)30-23-5-2-15(10-26-23)32-8-6-16(33)7-9-32/h3-6,8-9,11,13,16,22,35H,7,10,12,14-15H2,1-2H3,(H,29,32)(H,31,36);2-4,7-9,12-13,16,34H,5-6,10-11,14H2,1H3,(H,29,31)(H,30,35);2-5,10,12-14,16,33H,6-9,11H2,1H3,(H,26,30)(H,27,34)/t16-,22-;;/m1../s1. The fourth-order valence-electron chi connectivity index (χ4n) is 15.4. The van der Waals surface area contributed by atoms with Crippen LogP contribution in [0.15, 0.2) is 147 Å². The number of ether oxygens (including phenoxy) is 1. The topological polar surface area (TPSA) is 321 Å². The maximum Gasteiger partial charge on any atom is 0.254 e. The van der Waals surface area contributed by atoms with Gasteiger partial charge in [0.1, 0.15) is 22.9 Å². The molecule has 0 saturated carbocycles. The molecule has 6 aliphatic heterocycles. The summed E-state index contributed by atoms with van der Waals surface area (Å²) < 4.78 is 26.3. The summed E-state index contributed by atoms with van der Waals surface area (Å²) in [7, 11) is 7.54. The minimum Gasteiger partial charge on any atom is -0.393 e. The van der Waals surface area contributed by atoms with E-state index in [2.05, 4.69) is 83.0 Å². The molecule has 3 amide bonds. The number of rotatable bonds is 14. The number of pyridine rings is 6. The van der Waals surface area contributed by atoms with Crippen LogP contribution in [0.25, 0.3) is 66.5 Å². The lowest BCUT2D eigenvalue weighted by atomic mass is 9.94. The van der Waals surface area contributed by atoms with Crippen molar-refractivity contribution in [3.63, 3.8) is 0 Å². The lowest BCUT2D eigenvalue weighted by Gasteiger charge is -2.37. The molecule has 28 heteroatoms. The van der Waals surface area contributed by atoms with Crippen LogP contribution in [0.1, 0.15) is 79.9 Å². The minimum atomic E-state index is -0.495. The third kappa shape index (κ3) is 13.2. The first-order valence-corrected chi connectivity index (χ1v) is 35.5. The summed E-state index contributed by atoms with van der Waals surface area (Å²) in [6.07, 6.45) is 22.7. The number of aliphatic hydroxyl groups excluding tert-OH is 3. The first kappa shape index (κ1) is 68.4. The molecule has 0 spiro atoms. The van der Waals surface area contributed by atoms with E-state index in [1.807, 2.05) is 131 Å². The highest BCUT2D eigenvalue weighted by atomic mass is 19.1. The van der Waals surface area contributed by atoms with Crippen molar-refractivity contribution in [2.45, 2.75) is 70.1 Å². The Bertz CT molecular complexity index is 5360. The zero-order valence-electron chi connectivity index (χ0n) is 58.9. The number of aryl methyl sites for hydroxylation is 3. The Hall–Kier alpha value is -12.0. The van der Waals surface area contributed by atoms with Crippen molar-refractivity contribution in [3.8, 4) is 33.5 Å².